The van der Waals surface area contributed by atoms with Gasteiger partial charge in [0.05, 0.1) is 22.6 Å². The zero-order valence-electron chi connectivity index (χ0n) is 9.99. The van der Waals surface area contributed by atoms with Crippen molar-refractivity contribution >= 4 is 17.6 Å². The predicted molar refractivity (Wildman–Crippen MR) is 67.1 cm³/mol. The van der Waals surface area contributed by atoms with Crippen molar-refractivity contribution in [1.82, 2.24) is 4.98 Å². The summed E-state index contributed by atoms with van der Waals surface area (Å²) in [7, 11) is 1.53. The summed E-state index contributed by atoms with van der Waals surface area (Å²) in [5.41, 5.74) is -0.714. The van der Waals surface area contributed by atoms with Crippen LogP contribution < -0.4 is 5.32 Å². The van der Waals surface area contributed by atoms with E-state index in [2.05, 4.69) is 10.3 Å². The highest BCUT2D eigenvalue weighted by Gasteiger charge is 2.31. The molecule has 0 aromatic carbocycles. The highest BCUT2D eigenvalue weighted by Crippen LogP contribution is 2.33. The van der Waals surface area contributed by atoms with Crippen molar-refractivity contribution in [3.8, 4) is 0 Å². The number of rotatable bonds is 4. The lowest BCUT2D eigenvalue weighted by molar-refractivity contribution is -0.137. The lowest BCUT2D eigenvalue weighted by Gasteiger charge is -2.10. The Bertz CT molecular complexity index is 540. The quantitative estimate of drug-likeness (QED) is 0.862. The number of pyridine rings is 1. The van der Waals surface area contributed by atoms with Crippen LogP contribution in [0.25, 0.3) is 0 Å². The monoisotopic (exact) mass is 288 g/mol. The first-order valence-corrected chi connectivity index (χ1v) is 6.40. The number of halogens is 3. The zero-order chi connectivity index (χ0) is 13.9. The first-order valence-electron chi connectivity index (χ1n) is 5.41. The van der Waals surface area contributed by atoms with E-state index in [1.165, 1.54) is 25.1 Å². The van der Waals surface area contributed by atoms with Gasteiger partial charge in [0.1, 0.15) is 11.6 Å². The van der Waals surface area contributed by atoms with E-state index >= 15 is 0 Å². The van der Waals surface area contributed by atoms with Gasteiger partial charge in [-0.05, 0) is 24.3 Å². The van der Waals surface area contributed by atoms with Gasteiger partial charge < -0.3 is 9.73 Å². The minimum atomic E-state index is -4.38. The van der Waals surface area contributed by atoms with Gasteiger partial charge in [0.2, 0.25) is 0 Å². The molecule has 3 nitrogen and oxygen atoms in total. The predicted octanol–water partition coefficient (Wildman–Crippen LogP) is 4.03. The van der Waals surface area contributed by atoms with Crippen LogP contribution in [0.15, 0.2) is 40.0 Å². The maximum Gasteiger partial charge on any atom is 0.416 e. The van der Waals surface area contributed by atoms with Gasteiger partial charge in [-0.15, -0.1) is 0 Å². The van der Waals surface area contributed by atoms with E-state index in [-0.39, 0.29) is 5.82 Å². The van der Waals surface area contributed by atoms with Gasteiger partial charge in [-0.3, -0.25) is 0 Å². The molecule has 2 aromatic heterocycles. The van der Waals surface area contributed by atoms with Crippen LogP contribution in [0.4, 0.5) is 19.0 Å². The number of alkyl halides is 3. The number of thioether (sulfide) groups is 1. The Hall–Kier alpha value is -1.63. The summed E-state index contributed by atoms with van der Waals surface area (Å²) in [6, 6.07) is 5.51. The topological polar surface area (TPSA) is 38.1 Å². The summed E-state index contributed by atoms with van der Waals surface area (Å²) in [6.45, 7) is 0. The number of anilines is 1. The fourth-order valence-corrected chi connectivity index (χ4v) is 2.24. The van der Waals surface area contributed by atoms with Crippen molar-refractivity contribution in [2.45, 2.75) is 17.0 Å². The minimum Gasteiger partial charge on any atom is -0.468 e. The molecule has 0 aliphatic rings. The van der Waals surface area contributed by atoms with Crippen LogP contribution in [0.3, 0.4) is 0 Å². The van der Waals surface area contributed by atoms with Crippen LogP contribution in [0, 0.1) is 0 Å². The van der Waals surface area contributed by atoms with Gasteiger partial charge in [0, 0.05) is 7.05 Å². The molecule has 1 N–H and O–H groups in total. The highest BCUT2D eigenvalue weighted by atomic mass is 32.2. The third-order valence-electron chi connectivity index (χ3n) is 2.33. The van der Waals surface area contributed by atoms with E-state index in [1.807, 2.05) is 0 Å². The second-order valence-corrected chi connectivity index (χ2v) is 4.69. The van der Waals surface area contributed by atoms with E-state index < -0.39 is 11.7 Å². The van der Waals surface area contributed by atoms with Crippen molar-refractivity contribution < 1.29 is 17.6 Å². The van der Waals surface area contributed by atoms with Crippen molar-refractivity contribution in [3.63, 3.8) is 0 Å². The van der Waals surface area contributed by atoms with Crippen LogP contribution in [-0.2, 0) is 11.9 Å². The van der Waals surface area contributed by atoms with Crippen molar-refractivity contribution in [3.05, 3.63) is 41.9 Å². The fourth-order valence-electron chi connectivity index (χ4n) is 1.41. The number of furan rings is 1. The minimum absolute atomic E-state index is 0.191. The van der Waals surface area contributed by atoms with E-state index in [9.17, 15) is 13.2 Å². The van der Waals surface area contributed by atoms with Gasteiger partial charge in [0.25, 0.3) is 0 Å². The summed E-state index contributed by atoms with van der Waals surface area (Å²) in [6.07, 6.45) is -2.86. The average molecular weight is 288 g/mol. The largest absolute Gasteiger partial charge is 0.468 e. The number of aromatic nitrogens is 1. The molecule has 0 bridgehead atoms. The summed E-state index contributed by atoms with van der Waals surface area (Å²) in [5.74, 6) is 1.32. The first kappa shape index (κ1) is 13.8. The summed E-state index contributed by atoms with van der Waals surface area (Å²) >= 11 is 1.19. The third-order valence-corrected chi connectivity index (χ3v) is 3.26. The molecule has 0 atom stereocenters. The third kappa shape index (κ3) is 3.66. The fraction of sp³-hybridized carbons (Fsp3) is 0.250. The Labute approximate surface area is 112 Å². The Morgan fingerprint density at radius 2 is 2.16 bits per heavy atom. The van der Waals surface area contributed by atoms with E-state index in [0.29, 0.717) is 16.5 Å². The molecule has 19 heavy (non-hydrogen) atoms. The smallest absolute Gasteiger partial charge is 0.416 e. The van der Waals surface area contributed by atoms with Crippen LogP contribution in [0.2, 0.25) is 0 Å². The molecule has 2 rings (SSSR count). The van der Waals surface area contributed by atoms with Crippen LogP contribution in [0.1, 0.15) is 11.3 Å². The van der Waals surface area contributed by atoms with E-state index in [0.717, 1.165) is 12.1 Å². The molecule has 0 saturated carbocycles. The van der Waals surface area contributed by atoms with Crippen LogP contribution >= 0.6 is 11.8 Å². The lowest BCUT2D eigenvalue weighted by atomic mass is 10.2. The number of nitrogens with zero attached hydrogens (tertiary/aromatic N) is 1. The molecule has 0 amide bonds. The highest BCUT2D eigenvalue weighted by molar-refractivity contribution is 7.98. The van der Waals surface area contributed by atoms with Crippen molar-refractivity contribution in [2.75, 3.05) is 12.4 Å². The maximum absolute atomic E-state index is 12.7. The van der Waals surface area contributed by atoms with Gasteiger partial charge in [-0.2, -0.15) is 13.2 Å². The second-order valence-electron chi connectivity index (χ2n) is 3.70. The summed E-state index contributed by atoms with van der Waals surface area (Å²) in [5, 5.41) is 2.93. The molecule has 0 aliphatic heterocycles. The lowest BCUT2D eigenvalue weighted by Crippen LogP contribution is -2.07. The van der Waals surface area contributed by atoms with Gasteiger partial charge in [-0.1, -0.05) is 11.8 Å². The van der Waals surface area contributed by atoms with Gasteiger partial charge >= 0.3 is 6.18 Å². The molecule has 0 unspecified atom stereocenters. The SMILES string of the molecule is CNc1cc(C(F)(F)F)cc(SCc2ccco2)n1. The molecule has 2 aromatic rings. The van der Waals surface area contributed by atoms with Gasteiger partial charge in [-0.25, -0.2) is 4.98 Å². The molecular weight excluding hydrogens is 277 g/mol. The second kappa shape index (κ2) is 5.56. The van der Waals surface area contributed by atoms with Crippen molar-refractivity contribution in [1.29, 1.82) is 0 Å². The standard InChI is InChI=1S/C12H11F3N2OS/c1-16-10-5-8(12(13,14)15)6-11(17-10)19-7-9-3-2-4-18-9/h2-6H,7H2,1H3,(H,16,17). The molecule has 0 spiro atoms. The Kier molecular flexibility index (Phi) is 4.04. The number of hydrogen-bond acceptors (Lipinski definition) is 4. The molecule has 0 saturated heterocycles. The maximum atomic E-state index is 12.7. The van der Waals surface area contributed by atoms with Crippen LogP contribution in [-0.4, -0.2) is 12.0 Å². The Morgan fingerprint density at radius 3 is 2.74 bits per heavy atom. The van der Waals surface area contributed by atoms with Crippen molar-refractivity contribution in [2.24, 2.45) is 0 Å². The molecule has 2 heterocycles. The number of hydrogen-bond donors (Lipinski definition) is 1. The Morgan fingerprint density at radius 1 is 1.37 bits per heavy atom. The summed E-state index contributed by atoms with van der Waals surface area (Å²) < 4.78 is 43.3. The van der Waals surface area contributed by atoms with E-state index in [4.69, 9.17) is 4.42 Å². The summed E-state index contributed by atoms with van der Waals surface area (Å²) in [4.78, 5) is 4.08. The molecule has 102 valence electrons. The van der Waals surface area contributed by atoms with Gasteiger partial charge in [0.15, 0.2) is 0 Å². The average Bonchev–Trinajstić information content (AvgIpc) is 2.88. The normalized spacial score (nSPS) is 11.6. The molecule has 0 aliphatic carbocycles. The first-order chi connectivity index (χ1) is 8.99. The molecule has 0 fully saturated rings. The number of nitrogens with one attached hydrogen (secondary N) is 1. The molecular formula is C12H11F3N2OS. The Balaban J connectivity index is 2.19. The zero-order valence-corrected chi connectivity index (χ0v) is 10.8. The van der Waals surface area contributed by atoms with E-state index in [1.54, 1.807) is 12.1 Å². The van der Waals surface area contributed by atoms with Crippen LogP contribution in [0.5, 0.6) is 0 Å². The molecule has 0 radical (unpaired) electrons. The molecule has 7 heteroatoms.